The fourth-order valence-electron chi connectivity index (χ4n) is 4.14. The standard InChI is InChI=1S/C23H25N5S/c1-17-5-7-20(29-17)14-27-11-10-26(2)22(15-27)23-21-8-6-19(13-28(21)16-25-23)18-4-3-9-24-12-18/h3-9,12-13,16,22H,10-11,14-15H2,1-2H3. The van der Waals surface area contributed by atoms with E-state index in [-0.39, 0.29) is 0 Å². The maximum absolute atomic E-state index is 4.83. The van der Waals surface area contributed by atoms with Crippen molar-refractivity contribution in [1.82, 2.24) is 24.2 Å². The molecule has 4 aromatic rings. The second-order valence-electron chi connectivity index (χ2n) is 7.83. The van der Waals surface area contributed by atoms with Crippen LogP contribution in [-0.4, -0.2) is 50.9 Å². The Morgan fingerprint density at radius 2 is 2.03 bits per heavy atom. The van der Waals surface area contributed by atoms with Crippen molar-refractivity contribution in [2.45, 2.75) is 19.5 Å². The average Bonchev–Trinajstić information content (AvgIpc) is 3.35. The SMILES string of the molecule is Cc1ccc(CN2CCN(C)C(c3ncn4cc(-c5cccnc5)ccc34)C2)s1. The van der Waals surface area contributed by atoms with E-state index >= 15 is 0 Å². The first kappa shape index (κ1) is 18.5. The van der Waals surface area contributed by atoms with E-state index in [2.05, 4.69) is 69.7 Å². The molecule has 6 heteroatoms. The van der Waals surface area contributed by atoms with E-state index in [4.69, 9.17) is 4.98 Å². The highest BCUT2D eigenvalue weighted by Gasteiger charge is 2.28. The molecule has 1 aliphatic rings. The molecule has 1 atom stereocenters. The second kappa shape index (κ2) is 7.71. The lowest BCUT2D eigenvalue weighted by atomic mass is 10.1. The molecule has 1 saturated heterocycles. The molecule has 4 aromatic heterocycles. The fourth-order valence-corrected chi connectivity index (χ4v) is 5.07. The van der Waals surface area contributed by atoms with E-state index in [1.807, 2.05) is 29.9 Å². The molecular formula is C23H25N5S. The Balaban J connectivity index is 1.41. The Morgan fingerprint density at radius 1 is 1.10 bits per heavy atom. The number of aromatic nitrogens is 3. The van der Waals surface area contributed by atoms with Gasteiger partial charge in [0.1, 0.15) is 0 Å². The summed E-state index contributed by atoms with van der Waals surface area (Å²) in [4.78, 5) is 16.9. The first-order valence-electron chi connectivity index (χ1n) is 10.0. The van der Waals surface area contributed by atoms with Gasteiger partial charge in [0.2, 0.25) is 0 Å². The van der Waals surface area contributed by atoms with Crippen LogP contribution in [0.5, 0.6) is 0 Å². The summed E-state index contributed by atoms with van der Waals surface area (Å²) in [5.41, 5.74) is 4.62. The third-order valence-corrected chi connectivity index (χ3v) is 6.76. The van der Waals surface area contributed by atoms with Gasteiger partial charge >= 0.3 is 0 Å². The summed E-state index contributed by atoms with van der Waals surface area (Å²) in [7, 11) is 2.21. The summed E-state index contributed by atoms with van der Waals surface area (Å²) in [5.74, 6) is 0. The van der Waals surface area contributed by atoms with Crippen molar-refractivity contribution in [3.05, 3.63) is 76.8 Å². The number of piperazine rings is 1. The van der Waals surface area contributed by atoms with Crippen LogP contribution in [0.15, 0.2) is 61.3 Å². The molecule has 0 saturated carbocycles. The van der Waals surface area contributed by atoms with Gasteiger partial charge < -0.3 is 4.40 Å². The number of imidazole rings is 1. The maximum atomic E-state index is 4.83. The molecule has 0 radical (unpaired) electrons. The van der Waals surface area contributed by atoms with E-state index in [1.165, 1.54) is 15.3 Å². The highest BCUT2D eigenvalue weighted by Crippen LogP contribution is 2.29. The van der Waals surface area contributed by atoms with Crippen LogP contribution in [0.2, 0.25) is 0 Å². The minimum Gasteiger partial charge on any atom is -0.305 e. The van der Waals surface area contributed by atoms with E-state index in [1.54, 1.807) is 6.20 Å². The third-order valence-electron chi connectivity index (χ3n) is 5.78. The zero-order valence-electron chi connectivity index (χ0n) is 16.8. The van der Waals surface area contributed by atoms with Crippen molar-refractivity contribution in [2.24, 2.45) is 0 Å². The second-order valence-corrected chi connectivity index (χ2v) is 9.20. The minimum atomic E-state index is 0.305. The highest BCUT2D eigenvalue weighted by atomic mass is 32.1. The summed E-state index contributed by atoms with van der Waals surface area (Å²) < 4.78 is 2.15. The monoisotopic (exact) mass is 403 g/mol. The minimum absolute atomic E-state index is 0.305. The molecule has 0 bridgehead atoms. The molecule has 5 rings (SSSR count). The molecular weight excluding hydrogens is 378 g/mol. The van der Waals surface area contributed by atoms with Crippen LogP contribution in [0.3, 0.4) is 0 Å². The van der Waals surface area contributed by atoms with Gasteiger partial charge in [-0.1, -0.05) is 12.1 Å². The van der Waals surface area contributed by atoms with Crippen molar-refractivity contribution in [1.29, 1.82) is 0 Å². The number of fused-ring (bicyclic) bond motifs is 1. The zero-order valence-corrected chi connectivity index (χ0v) is 17.6. The molecule has 1 aliphatic heterocycles. The summed E-state index contributed by atoms with van der Waals surface area (Å²) >= 11 is 1.90. The lowest BCUT2D eigenvalue weighted by Gasteiger charge is -2.38. The molecule has 0 aromatic carbocycles. The van der Waals surface area contributed by atoms with Crippen LogP contribution in [0.4, 0.5) is 0 Å². The number of nitrogens with zero attached hydrogens (tertiary/aromatic N) is 5. The van der Waals surface area contributed by atoms with Crippen LogP contribution in [0, 0.1) is 6.92 Å². The average molecular weight is 404 g/mol. The number of thiophene rings is 1. The summed E-state index contributed by atoms with van der Waals surface area (Å²) in [6.45, 7) is 6.37. The van der Waals surface area contributed by atoms with Gasteiger partial charge in [-0.3, -0.25) is 14.8 Å². The van der Waals surface area contributed by atoms with Gasteiger partial charge in [0.05, 0.1) is 23.6 Å². The Morgan fingerprint density at radius 3 is 2.83 bits per heavy atom. The van der Waals surface area contributed by atoms with Crippen LogP contribution in [0.1, 0.15) is 21.5 Å². The van der Waals surface area contributed by atoms with Crippen LogP contribution < -0.4 is 0 Å². The predicted molar refractivity (Wildman–Crippen MR) is 118 cm³/mol. The molecule has 1 fully saturated rings. The normalized spacial score (nSPS) is 18.5. The Labute approximate surface area is 175 Å². The summed E-state index contributed by atoms with van der Waals surface area (Å²) in [6.07, 6.45) is 7.80. The van der Waals surface area contributed by atoms with Gasteiger partial charge in [0, 0.05) is 60.1 Å². The smallest absolute Gasteiger partial charge is 0.0996 e. The number of aryl methyl sites for hydroxylation is 1. The number of hydrogen-bond donors (Lipinski definition) is 0. The summed E-state index contributed by atoms with van der Waals surface area (Å²) in [6, 6.07) is 13.2. The molecule has 0 N–H and O–H groups in total. The van der Waals surface area contributed by atoms with Gasteiger partial charge in [0.25, 0.3) is 0 Å². The van der Waals surface area contributed by atoms with E-state index in [9.17, 15) is 0 Å². The topological polar surface area (TPSA) is 36.7 Å². The van der Waals surface area contributed by atoms with Gasteiger partial charge in [-0.2, -0.15) is 0 Å². The fraction of sp³-hybridized carbons (Fsp3) is 0.304. The lowest BCUT2D eigenvalue weighted by molar-refractivity contribution is 0.0899. The van der Waals surface area contributed by atoms with Crippen LogP contribution >= 0.6 is 11.3 Å². The van der Waals surface area contributed by atoms with Crippen molar-refractivity contribution in [3.63, 3.8) is 0 Å². The molecule has 148 valence electrons. The van der Waals surface area contributed by atoms with Crippen molar-refractivity contribution in [2.75, 3.05) is 26.7 Å². The molecule has 29 heavy (non-hydrogen) atoms. The quantitative estimate of drug-likeness (QED) is 0.510. The van der Waals surface area contributed by atoms with Gasteiger partial charge in [-0.05, 0) is 43.8 Å². The van der Waals surface area contributed by atoms with Crippen LogP contribution in [0.25, 0.3) is 16.6 Å². The summed E-state index contributed by atoms with van der Waals surface area (Å²) in [5, 5.41) is 0. The number of hydrogen-bond acceptors (Lipinski definition) is 5. The maximum Gasteiger partial charge on any atom is 0.0996 e. The van der Waals surface area contributed by atoms with Gasteiger partial charge in [-0.15, -0.1) is 11.3 Å². The zero-order chi connectivity index (χ0) is 19.8. The third kappa shape index (κ3) is 3.71. The molecule has 1 unspecified atom stereocenters. The molecule has 0 amide bonds. The molecule has 5 heterocycles. The van der Waals surface area contributed by atoms with E-state index in [0.717, 1.165) is 43.0 Å². The van der Waals surface area contributed by atoms with E-state index < -0.39 is 0 Å². The first-order valence-corrected chi connectivity index (χ1v) is 10.8. The molecule has 0 spiro atoms. The Hall–Kier alpha value is -2.54. The van der Waals surface area contributed by atoms with Crippen molar-refractivity contribution in [3.8, 4) is 11.1 Å². The first-order chi connectivity index (χ1) is 14.2. The highest BCUT2D eigenvalue weighted by molar-refractivity contribution is 7.11. The van der Waals surface area contributed by atoms with Crippen molar-refractivity contribution >= 4 is 16.9 Å². The number of likely N-dealkylation sites (N-methyl/N-ethyl adjacent to an activating group) is 1. The Bertz CT molecular complexity index is 1120. The molecule has 5 nitrogen and oxygen atoms in total. The number of rotatable bonds is 4. The lowest BCUT2D eigenvalue weighted by Crippen LogP contribution is -2.46. The molecule has 0 aliphatic carbocycles. The largest absolute Gasteiger partial charge is 0.305 e. The van der Waals surface area contributed by atoms with Gasteiger partial charge in [-0.25, -0.2) is 4.98 Å². The van der Waals surface area contributed by atoms with E-state index in [0.29, 0.717) is 6.04 Å². The van der Waals surface area contributed by atoms with Gasteiger partial charge in [0.15, 0.2) is 0 Å². The van der Waals surface area contributed by atoms with Crippen LogP contribution in [-0.2, 0) is 6.54 Å². The number of pyridine rings is 2. The Kier molecular flexibility index (Phi) is 4.91. The van der Waals surface area contributed by atoms with Crippen molar-refractivity contribution < 1.29 is 0 Å². The predicted octanol–water partition coefficient (Wildman–Crippen LogP) is 4.25.